The zero-order chi connectivity index (χ0) is 11.6. The Hall–Kier alpha value is -1.38. The summed E-state index contributed by atoms with van der Waals surface area (Å²) < 4.78 is 0. The van der Waals surface area contributed by atoms with Crippen molar-refractivity contribution in [3.05, 3.63) is 29.1 Å². The Morgan fingerprint density at radius 1 is 1.47 bits per heavy atom. The fourth-order valence-corrected chi connectivity index (χ4v) is 1.63. The van der Waals surface area contributed by atoms with Crippen molar-refractivity contribution in [3.63, 3.8) is 0 Å². The predicted molar refractivity (Wildman–Crippen MR) is 60.6 cm³/mol. The first-order valence-corrected chi connectivity index (χ1v) is 5.05. The van der Waals surface area contributed by atoms with Gasteiger partial charge in [0, 0.05) is 11.9 Å². The molecule has 1 rings (SSSR count). The fourth-order valence-electron chi connectivity index (χ4n) is 1.63. The fraction of sp³-hybridized carbons (Fsp3) is 0.500. The van der Waals surface area contributed by atoms with Crippen LogP contribution in [-0.4, -0.2) is 10.9 Å². The number of carbonyl (C=O) groups excluding carboxylic acids is 1. The molecule has 1 heterocycles. The van der Waals surface area contributed by atoms with Crippen LogP contribution in [0.15, 0.2) is 12.3 Å². The maximum atomic E-state index is 10.8. The van der Waals surface area contributed by atoms with Crippen LogP contribution in [0.2, 0.25) is 0 Å². The van der Waals surface area contributed by atoms with Gasteiger partial charge in [-0.1, -0.05) is 26.8 Å². The third-order valence-corrected chi connectivity index (χ3v) is 2.33. The van der Waals surface area contributed by atoms with Crippen LogP contribution in [0.1, 0.15) is 37.6 Å². The quantitative estimate of drug-likeness (QED) is 0.801. The van der Waals surface area contributed by atoms with Crippen molar-refractivity contribution in [2.45, 2.75) is 39.5 Å². The zero-order valence-electron chi connectivity index (χ0n) is 9.79. The number of aromatic nitrogens is 1. The van der Waals surface area contributed by atoms with Crippen LogP contribution in [-0.2, 0) is 16.6 Å². The van der Waals surface area contributed by atoms with E-state index in [1.54, 1.807) is 6.20 Å². The molecular weight excluding hydrogens is 188 g/mol. The van der Waals surface area contributed by atoms with Crippen molar-refractivity contribution in [2.75, 3.05) is 0 Å². The van der Waals surface area contributed by atoms with Gasteiger partial charge in [-0.05, 0) is 23.5 Å². The standard InChI is InChI=1S/C12H18N2O/c1-8-10(12(2,3)4)5-9(7-14-8)6-11(13)15/h5,7H,6H2,1-4H3,(H2,13,15). The lowest BCUT2D eigenvalue weighted by atomic mass is 9.85. The zero-order valence-corrected chi connectivity index (χ0v) is 9.79. The van der Waals surface area contributed by atoms with Crippen molar-refractivity contribution >= 4 is 5.91 Å². The van der Waals surface area contributed by atoms with E-state index in [9.17, 15) is 4.79 Å². The van der Waals surface area contributed by atoms with Crippen LogP contribution in [0.4, 0.5) is 0 Å². The van der Waals surface area contributed by atoms with E-state index in [2.05, 4.69) is 25.8 Å². The Bertz CT molecular complexity index is 378. The molecule has 1 aromatic heterocycles. The SMILES string of the molecule is Cc1ncc(CC(N)=O)cc1C(C)(C)C. The summed E-state index contributed by atoms with van der Waals surface area (Å²) in [6.45, 7) is 8.37. The van der Waals surface area contributed by atoms with Gasteiger partial charge in [0.05, 0.1) is 6.42 Å². The van der Waals surface area contributed by atoms with Crippen LogP contribution in [0.3, 0.4) is 0 Å². The maximum absolute atomic E-state index is 10.8. The highest BCUT2D eigenvalue weighted by atomic mass is 16.1. The van der Waals surface area contributed by atoms with Crippen molar-refractivity contribution in [3.8, 4) is 0 Å². The van der Waals surface area contributed by atoms with Crippen molar-refractivity contribution in [1.29, 1.82) is 0 Å². The van der Waals surface area contributed by atoms with Crippen LogP contribution in [0.5, 0.6) is 0 Å². The summed E-state index contributed by atoms with van der Waals surface area (Å²) >= 11 is 0. The van der Waals surface area contributed by atoms with Crippen molar-refractivity contribution in [1.82, 2.24) is 4.98 Å². The van der Waals surface area contributed by atoms with Gasteiger partial charge < -0.3 is 5.73 Å². The Labute approximate surface area is 90.7 Å². The normalized spacial score (nSPS) is 11.5. The predicted octanol–water partition coefficient (Wildman–Crippen LogP) is 1.72. The van der Waals surface area contributed by atoms with Crippen molar-refractivity contribution < 1.29 is 4.79 Å². The molecule has 82 valence electrons. The van der Waals surface area contributed by atoms with Crippen LogP contribution in [0, 0.1) is 6.92 Å². The first-order valence-electron chi connectivity index (χ1n) is 5.05. The minimum atomic E-state index is -0.319. The molecule has 0 atom stereocenters. The molecule has 3 heteroatoms. The molecule has 0 bridgehead atoms. The highest BCUT2D eigenvalue weighted by Crippen LogP contribution is 2.25. The summed E-state index contributed by atoms with van der Waals surface area (Å²) in [4.78, 5) is 15.1. The highest BCUT2D eigenvalue weighted by Gasteiger charge is 2.17. The second-order valence-electron chi connectivity index (χ2n) is 4.87. The van der Waals surface area contributed by atoms with Gasteiger partial charge in [-0.25, -0.2) is 0 Å². The van der Waals surface area contributed by atoms with E-state index in [0.717, 1.165) is 11.3 Å². The number of nitrogens with zero attached hydrogens (tertiary/aromatic N) is 1. The number of nitrogens with two attached hydrogens (primary N) is 1. The highest BCUT2D eigenvalue weighted by molar-refractivity contribution is 5.76. The number of hydrogen-bond acceptors (Lipinski definition) is 2. The van der Waals surface area contributed by atoms with Gasteiger partial charge in [-0.3, -0.25) is 9.78 Å². The molecule has 15 heavy (non-hydrogen) atoms. The molecule has 1 amide bonds. The smallest absolute Gasteiger partial charge is 0.221 e. The number of carbonyl (C=O) groups is 1. The molecule has 1 aromatic rings. The molecule has 0 radical (unpaired) electrons. The number of primary amides is 1. The van der Waals surface area contributed by atoms with Crippen molar-refractivity contribution in [2.24, 2.45) is 5.73 Å². The summed E-state index contributed by atoms with van der Waals surface area (Å²) in [5.74, 6) is -0.319. The van der Waals surface area contributed by atoms with Gasteiger partial charge in [0.1, 0.15) is 0 Å². The third-order valence-electron chi connectivity index (χ3n) is 2.33. The Balaban J connectivity index is 3.11. The molecule has 3 nitrogen and oxygen atoms in total. The first kappa shape index (κ1) is 11.7. The lowest BCUT2D eigenvalue weighted by Crippen LogP contribution is -2.17. The lowest BCUT2D eigenvalue weighted by molar-refractivity contribution is -0.117. The summed E-state index contributed by atoms with van der Waals surface area (Å²) in [7, 11) is 0. The van der Waals surface area contributed by atoms with Gasteiger partial charge >= 0.3 is 0 Å². The lowest BCUT2D eigenvalue weighted by Gasteiger charge is -2.21. The van der Waals surface area contributed by atoms with Gasteiger partial charge in [-0.15, -0.1) is 0 Å². The van der Waals surface area contributed by atoms with E-state index in [0.29, 0.717) is 0 Å². The Morgan fingerprint density at radius 3 is 2.53 bits per heavy atom. The molecule has 0 aromatic carbocycles. The molecule has 2 N–H and O–H groups in total. The second kappa shape index (κ2) is 4.01. The molecule has 0 aliphatic carbocycles. The summed E-state index contributed by atoms with van der Waals surface area (Å²) in [5.41, 5.74) is 8.27. The molecule has 0 aliphatic rings. The van der Waals surface area contributed by atoms with Gasteiger partial charge in [0.25, 0.3) is 0 Å². The number of amides is 1. The topological polar surface area (TPSA) is 56.0 Å². The number of pyridine rings is 1. The van der Waals surface area contributed by atoms with Crippen LogP contribution in [0.25, 0.3) is 0 Å². The average molecular weight is 206 g/mol. The second-order valence-corrected chi connectivity index (χ2v) is 4.87. The van der Waals surface area contributed by atoms with E-state index in [4.69, 9.17) is 5.73 Å². The minimum Gasteiger partial charge on any atom is -0.369 e. The molecule has 0 unspecified atom stereocenters. The summed E-state index contributed by atoms with van der Waals surface area (Å²) in [6, 6.07) is 2.02. The van der Waals surface area contributed by atoms with E-state index < -0.39 is 0 Å². The van der Waals surface area contributed by atoms with E-state index in [1.807, 2.05) is 13.0 Å². The maximum Gasteiger partial charge on any atom is 0.221 e. The Kier molecular flexibility index (Phi) is 3.12. The largest absolute Gasteiger partial charge is 0.369 e. The average Bonchev–Trinajstić information content (AvgIpc) is 2.05. The van der Waals surface area contributed by atoms with Gasteiger partial charge in [0.15, 0.2) is 0 Å². The molecule has 0 spiro atoms. The van der Waals surface area contributed by atoms with Crippen LogP contribution >= 0.6 is 0 Å². The molecular formula is C12H18N2O. The number of rotatable bonds is 2. The third kappa shape index (κ3) is 3.05. The van der Waals surface area contributed by atoms with Gasteiger partial charge in [0.2, 0.25) is 5.91 Å². The molecule has 0 saturated carbocycles. The van der Waals surface area contributed by atoms with E-state index >= 15 is 0 Å². The number of aryl methyl sites for hydroxylation is 1. The molecule has 0 fully saturated rings. The van der Waals surface area contributed by atoms with Crippen LogP contribution < -0.4 is 5.73 Å². The molecule has 0 saturated heterocycles. The summed E-state index contributed by atoms with van der Waals surface area (Å²) in [5, 5.41) is 0. The summed E-state index contributed by atoms with van der Waals surface area (Å²) in [6.07, 6.45) is 1.98. The Morgan fingerprint density at radius 2 is 2.07 bits per heavy atom. The monoisotopic (exact) mass is 206 g/mol. The number of hydrogen-bond donors (Lipinski definition) is 1. The first-order chi connectivity index (χ1) is 6.80. The van der Waals surface area contributed by atoms with E-state index in [-0.39, 0.29) is 17.7 Å². The van der Waals surface area contributed by atoms with E-state index in [1.165, 1.54) is 5.56 Å². The minimum absolute atomic E-state index is 0.0464. The van der Waals surface area contributed by atoms with Gasteiger partial charge in [-0.2, -0.15) is 0 Å². The molecule has 0 aliphatic heterocycles.